The molecule has 2 aromatic carbocycles. The monoisotopic (exact) mass is 416 g/mol. The third-order valence-electron chi connectivity index (χ3n) is 4.09. The summed E-state index contributed by atoms with van der Waals surface area (Å²) in [7, 11) is 3.05. The zero-order valence-electron chi connectivity index (χ0n) is 17.0. The molecule has 30 heavy (non-hydrogen) atoms. The van der Waals surface area contributed by atoms with E-state index in [4.69, 9.17) is 24.7 Å². The highest BCUT2D eigenvalue weighted by molar-refractivity contribution is 5.95. The van der Waals surface area contributed by atoms with Crippen LogP contribution in [0.25, 0.3) is 0 Å². The van der Waals surface area contributed by atoms with Crippen molar-refractivity contribution in [1.29, 1.82) is 0 Å². The minimum Gasteiger partial charge on any atom is -0.493 e. The lowest BCUT2D eigenvalue weighted by Crippen LogP contribution is -2.36. The fourth-order valence-corrected chi connectivity index (χ4v) is 2.54. The molecule has 0 saturated carbocycles. The molecule has 0 aliphatic carbocycles. The first-order valence-corrected chi connectivity index (χ1v) is 9.05. The van der Waals surface area contributed by atoms with Crippen LogP contribution < -0.4 is 25.3 Å². The van der Waals surface area contributed by atoms with Gasteiger partial charge in [0.25, 0.3) is 11.8 Å². The Kier molecular flexibility index (Phi) is 8.04. The summed E-state index contributed by atoms with van der Waals surface area (Å²) in [5.41, 5.74) is 6.18. The van der Waals surface area contributed by atoms with E-state index in [-0.39, 0.29) is 17.9 Å². The van der Waals surface area contributed by atoms with Crippen molar-refractivity contribution >= 4 is 17.8 Å². The lowest BCUT2D eigenvalue weighted by atomic mass is 10.2. The van der Waals surface area contributed by atoms with Crippen LogP contribution in [0, 0.1) is 0 Å². The molecule has 0 radical (unpaired) electrons. The summed E-state index contributed by atoms with van der Waals surface area (Å²) in [6, 6.07) is 11.5. The summed E-state index contributed by atoms with van der Waals surface area (Å²) in [6.45, 7) is 1.18. The molecular weight excluding hydrogens is 392 g/mol. The van der Waals surface area contributed by atoms with Crippen LogP contribution in [0.5, 0.6) is 17.2 Å². The Morgan fingerprint density at radius 1 is 1.00 bits per heavy atom. The van der Waals surface area contributed by atoms with Gasteiger partial charge in [0.15, 0.2) is 24.2 Å². The number of rotatable bonds is 10. The first-order chi connectivity index (χ1) is 14.3. The van der Waals surface area contributed by atoms with Gasteiger partial charge in [0.1, 0.15) is 5.75 Å². The molecule has 0 aromatic heterocycles. The van der Waals surface area contributed by atoms with E-state index in [1.54, 1.807) is 30.3 Å². The predicted octanol–water partition coefficient (Wildman–Crippen LogP) is 1.43. The van der Waals surface area contributed by atoms with E-state index >= 15 is 0 Å². The molecular formula is C21H24N2O7. The lowest BCUT2D eigenvalue weighted by Gasteiger charge is -2.15. The zero-order chi connectivity index (χ0) is 22.1. The molecule has 3 N–H and O–H groups in total. The van der Waals surface area contributed by atoms with E-state index in [9.17, 15) is 14.4 Å². The van der Waals surface area contributed by atoms with E-state index < -0.39 is 30.5 Å². The summed E-state index contributed by atoms with van der Waals surface area (Å²) < 4.78 is 20.7. The molecule has 9 heteroatoms. The Hall–Kier alpha value is -3.75. The second-order valence-electron chi connectivity index (χ2n) is 6.19. The van der Waals surface area contributed by atoms with Gasteiger partial charge in [-0.1, -0.05) is 18.2 Å². The van der Waals surface area contributed by atoms with E-state index in [2.05, 4.69) is 5.32 Å². The highest BCUT2D eigenvalue weighted by Gasteiger charge is 2.19. The molecule has 0 heterocycles. The molecule has 0 bridgehead atoms. The summed E-state index contributed by atoms with van der Waals surface area (Å²) in [4.78, 5) is 35.5. The number of para-hydroxylation sites is 1. The molecule has 0 fully saturated rings. The molecule has 0 saturated heterocycles. The number of nitrogens with one attached hydrogen (secondary N) is 1. The zero-order valence-corrected chi connectivity index (χ0v) is 17.0. The second-order valence-corrected chi connectivity index (χ2v) is 6.19. The number of nitrogens with two attached hydrogens (primary N) is 1. The van der Waals surface area contributed by atoms with Crippen LogP contribution in [0.15, 0.2) is 42.5 Å². The molecule has 0 aliphatic rings. The number of hydrogen-bond acceptors (Lipinski definition) is 7. The van der Waals surface area contributed by atoms with Gasteiger partial charge in [-0.2, -0.15) is 0 Å². The minimum absolute atomic E-state index is 0.144. The van der Waals surface area contributed by atoms with E-state index in [0.29, 0.717) is 11.5 Å². The first-order valence-electron chi connectivity index (χ1n) is 9.05. The fraction of sp³-hybridized carbons (Fsp3) is 0.286. The van der Waals surface area contributed by atoms with Crippen LogP contribution in [0.4, 0.5) is 0 Å². The van der Waals surface area contributed by atoms with Crippen molar-refractivity contribution in [3.63, 3.8) is 0 Å². The van der Waals surface area contributed by atoms with Gasteiger partial charge < -0.3 is 30.0 Å². The number of carbonyl (C=O) groups excluding carboxylic acids is 3. The van der Waals surface area contributed by atoms with Crippen LogP contribution in [0.3, 0.4) is 0 Å². The summed E-state index contributed by atoms with van der Waals surface area (Å²) >= 11 is 0. The van der Waals surface area contributed by atoms with Crippen molar-refractivity contribution in [1.82, 2.24) is 5.32 Å². The first kappa shape index (κ1) is 22.5. The van der Waals surface area contributed by atoms with Crippen molar-refractivity contribution in [3.8, 4) is 17.2 Å². The number of benzene rings is 2. The van der Waals surface area contributed by atoms with Crippen LogP contribution in [0.1, 0.15) is 22.8 Å². The van der Waals surface area contributed by atoms with Gasteiger partial charge in [0, 0.05) is 6.54 Å². The lowest BCUT2D eigenvalue weighted by molar-refractivity contribution is -0.156. The van der Waals surface area contributed by atoms with Crippen molar-refractivity contribution in [3.05, 3.63) is 53.6 Å². The van der Waals surface area contributed by atoms with Gasteiger partial charge in [0.2, 0.25) is 0 Å². The minimum atomic E-state index is -1.03. The van der Waals surface area contributed by atoms with Crippen LogP contribution >= 0.6 is 0 Å². The molecule has 2 rings (SSSR count). The summed E-state index contributed by atoms with van der Waals surface area (Å²) in [6.07, 6.45) is -1.03. The van der Waals surface area contributed by atoms with E-state index in [1.807, 2.05) is 0 Å². The van der Waals surface area contributed by atoms with Crippen molar-refractivity contribution in [2.45, 2.75) is 19.6 Å². The topological polar surface area (TPSA) is 126 Å². The Bertz CT molecular complexity index is 914. The number of amides is 2. The number of hydrogen-bond donors (Lipinski definition) is 2. The normalized spacial score (nSPS) is 11.2. The maximum Gasteiger partial charge on any atom is 0.344 e. The van der Waals surface area contributed by atoms with E-state index in [1.165, 1.54) is 33.3 Å². The van der Waals surface area contributed by atoms with E-state index in [0.717, 1.165) is 5.56 Å². The molecule has 0 unspecified atom stereocenters. The second kappa shape index (κ2) is 10.7. The van der Waals surface area contributed by atoms with Crippen molar-refractivity contribution < 1.29 is 33.3 Å². The number of esters is 1. The molecule has 160 valence electrons. The van der Waals surface area contributed by atoms with Crippen molar-refractivity contribution in [2.24, 2.45) is 5.73 Å². The quantitative estimate of drug-likeness (QED) is 0.561. The fourth-order valence-electron chi connectivity index (χ4n) is 2.54. The average molecular weight is 416 g/mol. The Morgan fingerprint density at radius 2 is 1.70 bits per heavy atom. The van der Waals surface area contributed by atoms with Crippen LogP contribution in [0.2, 0.25) is 0 Å². The number of carbonyl (C=O) groups is 3. The largest absolute Gasteiger partial charge is 0.493 e. The summed E-state index contributed by atoms with van der Waals surface area (Å²) in [5, 5.41) is 2.68. The average Bonchev–Trinajstić information content (AvgIpc) is 2.75. The Morgan fingerprint density at radius 3 is 2.37 bits per heavy atom. The third-order valence-corrected chi connectivity index (χ3v) is 4.09. The van der Waals surface area contributed by atoms with Gasteiger partial charge in [-0.3, -0.25) is 9.59 Å². The Labute approximate surface area is 174 Å². The standard InChI is InChI=1S/C21H24N2O7/c1-13(21(26)23-11-14-8-9-17(27-2)18(10-14)28-3)30-19(24)12-29-16-7-5-4-6-15(16)20(22)25/h4-10,13H,11-12H2,1-3H3,(H2,22,25)(H,23,26)/t13-/m0/s1. The van der Waals surface area contributed by atoms with Gasteiger partial charge in [-0.25, -0.2) is 4.79 Å². The molecule has 2 amide bonds. The van der Waals surface area contributed by atoms with Crippen LogP contribution in [-0.4, -0.2) is 44.7 Å². The van der Waals surface area contributed by atoms with Gasteiger partial charge in [0.05, 0.1) is 19.8 Å². The molecule has 2 aromatic rings. The number of ether oxygens (including phenoxy) is 4. The SMILES string of the molecule is COc1ccc(CNC(=O)[C@H](C)OC(=O)COc2ccccc2C(N)=O)cc1OC. The highest BCUT2D eigenvalue weighted by atomic mass is 16.6. The maximum absolute atomic E-state index is 12.2. The van der Waals surface area contributed by atoms with Crippen molar-refractivity contribution in [2.75, 3.05) is 20.8 Å². The molecule has 0 spiro atoms. The van der Waals surface area contributed by atoms with Gasteiger partial charge in [-0.15, -0.1) is 0 Å². The molecule has 1 atom stereocenters. The molecule has 0 aliphatic heterocycles. The predicted molar refractivity (Wildman–Crippen MR) is 107 cm³/mol. The third kappa shape index (κ3) is 6.13. The summed E-state index contributed by atoms with van der Waals surface area (Å²) in [5.74, 6) is -0.641. The highest BCUT2D eigenvalue weighted by Crippen LogP contribution is 2.27. The Balaban J connectivity index is 1.84. The number of methoxy groups -OCH3 is 2. The number of primary amides is 1. The molecule has 9 nitrogen and oxygen atoms in total. The maximum atomic E-state index is 12.2. The van der Waals surface area contributed by atoms with Gasteiger partial charge >= 0.3 is 5.97 Å². The van der Waals surface area contributed by atoms with Crippen LogP contribution in [-0.2, 0) is 20.9 Å². The smallest absolute Gasteiger partial charge is 0.344 e. The van der Waals surface area contributed by atoms with Gasteiger partial charge in [-0.05, 0) is 36.8 Å².